The zero-order chi connectivity index (χ0) is 26.2. The number of ether oxygens (including phenoxy) is 2. The monoisotopic (exact) mass is 537 g/mol. The van der Waals surface area contributed by atoms with Crippen LogP contribution in [-0.2, 0) is 20.2 Å². The lowest BCUT2D eigenvalue weighted by molar-refractivity contribution is 0.0563. The third-order valence-corrected chi connectivity index (χ3v) is 8.96. The van der Waals surface area contributed by atoms with Crippen molar-refractivity contribution < 1.29 is 22.7 Å². The molecule has 0 bridgehead atoms. The number of sulfonamides is 1. The lowest BCUT2D eigenvalue weighted by atomic mass is 9.76. The van der Waals surface area contributed by atoms with Gasteiger partial charge >= 0.3 is 0 Å². The summed E-state index contributed by atoms with van der Waals surface area (Å²) in [6.45, 7) is 5.25. The number of carbonyl (C=O) groups is 1. The van der Waals surface area contributed by atoms with Gasteiger partial charge < -0.3 is 9.47 Å². The number of nitrogens with one attached hydrogen (secondary N) is 1. The largest absolute Gasteiger partial charge is 0.495 e. The second-order valence-electron chi connectivity index (χ2n) is 9.29. The van der Waals surface area contributed by atoms with Crippen LogP contribution in [0.25, 0.3) is 22.2 Å². The van der Waals surface area contributed by atoms with Gasteiger partial charge in [0.25, 0.3) is 15.9 Å². The fourth-order valence-electron chi connectivity index (χ4n) is 4.59. The standard InChI is InChI=1S/C27H27N3O5S2/c1-17-28-23(16-36-17)19-5-4-6-21-20(19)8-9-22(29-21)26(31)30-37(32,33)25-15-18(7-10-24(25)34-3)27(2)11-13-35-14-12-27/h4-10,15-16H,11-14H2,1-3H3,(H,30,31). The van der Waals surface area contributed by atoms with E-state index in [-0.39, 0.29) is 21.8 Å². The highest BCUT2D eigenvalue weighted by Crippen LogP contribution is 2.37. The summed E-state index contributed by atoms with van der Waals surface area (Å²) in [5.74, 6) is -0.657. The first-order chi connectivity index (χ1) is 17.7. The van der Waals surface area contributed by atoms with Crippen molar-refractivity contribution >= 4 is 38.2 Å². The molecule has 8 nitrogen and oxygen atoms in total. The molecule has 3 heterocycles. The molecule has 0 aliphatic carbocycles. The van der Waals surface area contributed by atoms with E-state index in [4.69, 9.17) is 9.47 Å². The van der Waals surface area contributed by atoms with Crippen LogP contribution in [0.1, 0.15) is 40.8 Å². The lowest BCUT2D eigenvalue weighted by Gasteiger charge is -2.34. The molecule has 0 spiro atoms. The van der Waals surface area contributed by atoms with Crippen LogP contribution >= 0.6 is 11.3 Å². The molecule has 1 aliphatic heterocycles. The second kappa shape index (κ2) is 9.85. The molecule has 0 atom stereocenters. The van der Waals surface area contributed by atoms with E-state index in [0.717, 1.165) is 40.1 Å². The average Bonchev–Trinajstić information content (AvgIpc) is 3.33. The molecular weight excluding hydrogens is 510 g/mol. The molecule has 5 rings (SSSR count). The van der Waals surface area contributed by atoms with Gasteiger partial charge in [-0.05, 0) is 61.1 Å². The Morgan fingerprint density at radius 1 is 1.11 bits per heavy atom. The summed E-state index contributed by atoms with van der Waals surface area (Å²) in [5.41, 5.74) is 2.93. The molecule has 0 unspecified atom stereocenters. The van der Waals surface area contributed by atoms with Gasteiger partial charge in [0.1, 0.15) is 16.3 Å². The minimum atomic E-state index is -4.24. The Morgan fingerprint density at radius 2 is 1.89 bits per heavy atom. The highest BCUT2D eigenvalue weighted by molar-refractivity contribution is 7.90. The number of methoxy groups -OCH3 is 1. The van der Waals surface area contributed by atoms with Crippen molar-refractivity contribution in [3.8, 4) is 17.0 Å². The van der Waals surface area contributed by atoms with Crippen LogP contribution in [0, 0.1) is 6.92 Å². The Hall–Kier alpha value is -3.34. The van der Waals surface area contributed by atoms with Crippen molar-refractivity contribution in [3.63, 3.8) is 0 Å². The van der Waals surface area contributed by atoms with E-state index in [1.165, 1.54) is 13.2 Å². The lowest BCUT2D eigenvalue weighted by Crippen LogP contribution is -2.33. The number of benzene rings is 2. The molecule has 1 amide bonds. The number of pyridine rings is 1. The van der Waals surface area contributed by atoms with Crippen molar-refractivity contribution in [1.29, 1.82) is 0 Å². The van der Waals surface area contributed by atoms with E-state index in [1.54, 1.807) is 35.6 Å². The Morgan fingerprint density at radius 3 is 2.59 bits per heavy atom. The number of hydrogen-bond donors (Lipinski definition) is 1. The van der Waals surface area contributed by atoms with E-state index in [9.17, 15) is 13.2 Å². The highest BCUT2D eigenvalue weighted by atomic mass is 32.2. The maximum absolute atomic E-state index is 13.4. The molecule has 2 aromatic carbocycles. The number of amides is 1. The Kier molecular flexibility index (Phi) is 6.74. The second-order valence-corrected chi connectivity index (χ2v) is 12.0. The van der Waals surface area contributed by atoms with Gasteiger partial charge in [0.05, 0.1) is 23.3 Å². The van der Waals surface area contributed by atoms with Crippen LogP contribution in [0.4, 0.5) is 0 Å². The smallest absolute Gasteiger partial charge is 0.283 e. The van der Waals surface area contributed by atoms with Gasteiger partial charge in [-0.2, -0.15) is 0 Å². The van der Waals surface area contributed by atoms with Crippen LogP contribution in [0.2, 0.25) is 0 Å². The molecular formula is C27H27N3O5S2. The number of thiazole rings is 1. The molecule has 1 N–H and O–H groups in total. The van der Waals surface area contributed by atoms with Gasteiger partial charge in [0.15, 0.2) is 0 Å². The van der Waals surface area contributed by atoms with Gasteiger partial charge in [0.2, 0.25) is 0 Å². The first-order valence-electron chi connectivity index (χ1n) is 11.9. The first-order valence-corrected chi connectivity index (χ1v) is 14.2. The SMILES string of the molecule is COc1ccc(C2(C)CCOCC2)cc1S(=O)(=O)NC(=O)c1ccc2c(-c3csc(C)n3)cccc2n1. The number of hydrogen-bond acceptors (Lipinski definition) is 8. The number of aryl methyl sites for hydroxylation is 1. The quantitative estimate of drug-likeness (QED) is 0.374. The number of carbonyl (C=O) groups excluding carboxylic acids is 1. The zero-order valence-corrected chi connectivity index (χ0v) is 22.4. The maximum Gasteiger partial charge on any atom is 0.283 e. The minimum Gasteiger partial charge on any atom is -0.495 e. The van der Waals surface area contributed by atoms with Crippen molar-refractivity contribution in [2.45, 2.75) is 37.0 Å². The van der Waals surface area contributed by atoms with Gasteiger partial charge in [-0.25, -0.2) is 23.1 Å². The number of nitrogens with zero attached hydrogens (tertiary/aromatic N) is 2. The molecule has 1 fully saturated rings. The summed E-state index contributed by atoms with van der Waals surface area (Å²) in [5, 5.41) is 3.75. The van der Waals surface area contributed by atoms with Crippen molar-refractivity contribution in [2.75, 3.05) is 20.3 Å². The minimum absolute atomic E-state index is 0.00537. The van der Waals surface area contributed by atoms with Crippen LogP contribution in [0.5, 0.6) is 5.75 Å². The van der Waals surface area contributed by atoms with E-state index < -0.39 is 15.9 Å². The average molecular weight is 538 g/mol. The van der Waals surface area contributed by atoms with Gasteiger partial charge in [-0.15, -0.1) is 11.3 Å². The topological polar surface area (TPSA) is 107 Å². The molecule has 1 aliphatic rings. The molecule has 10 heteroatoms. The summed E-state index contributed by atoms with van der Waals surface area (Å²) in [4.78, 5) is 22.0. The van der Waals surface area contributed by atoms with Crippen molar-refractivity contribution in [1.82, 2.24) is 14.7 Å². The van der Waals surface area contributed by atoms with Gasteiger partial charge in [0, 0.05) is 29.5 Å². The first kappa shape index (κ1) is 25.3. The number of rotatable bonds is 6. The van der Waals surface area contributed by atoms with Gasteiger partial charge in [-0.1, -0.05) is 25.1 Å². The van der Waals surface area contributed by atoms with Crippen LogP contribution in [-0.4, -0.2) is 44.6 Å². The van der Waals surface area contributed by atoms with E-state index >= 15 is 0 Å². The Bertz CT molecular complexity index is 1590. The zero-order valence-electron chi connectivity index (χ0n) is 20.8. The number of aromatic nitrogens is 2. The van der Waals surface area contributed by atoms with E-state index in [2.05, 4.69) is 21.6 Å². The number of fused-ring (bicyclic) bond motifs is 1. The Balaban J connectivity index is 1.45. The fourth-order valence-corrected chi connectivity index (χ4v) is 6.36. The van der Waals surface area contributed by atoms with Crippen molar-refractivity contribution in [2.24, 2.45) is 0 Å². The van der Waals surface area contributed by atoms with Gasteiger partial charge in [-0.3, -0.25) is 4.79 Å². The third kappa shape index (κ3) is 4.96. The molecule has 0 radical (unpaired) electrons. The fraction of sp³-hybridized carbons (Fsp3) is 0.296. The molecule has 2 aromatic heterocycles. The highest BCUT2D eigenvalue weighted by Gasteiger charge is 2.32. The summed E-state index contributed by atoms with van der Waals surface area (Å²) in [7, 11) is -2.84. The normalized spacial score (nSPS) is 15.4. The third-order valence-electron chi connectivity index (χ3n) is 6.83. The molecule has 192 valence electrons. The van der Waals surface area contributed by atoms with E-state index in [1.807, 2.05) is 30.5 Å². The maximum atomic E-state index is 13.4. The predicted octanol–water partition coefficient (Wildman–Crippen LogP) is 4.86. The molecule has 37 heavy (non-hydrogen) atoms. The summed E-state index contributed by atoms with van der Waals surface area (Å²) in [6.07, 6.45) is 1.54. The van der Waals surface area contributed by atoms with Crippen molar-refractivity contribution in [3.05, 3.63) is 70.2 Å². The predicted molar refractivity (Wildman–Crippen MR) is 143 cm³/mol. The van der Waals surface area contributed by atoms with E-state index in [0.29, 0.717) is 18.7 Å². The Labute approximate surface area is 219 Å². The van der Waals surface area contributed by atoms with Crippen LogP contribution in [0.3, 0.4) is 0 Å². The summed E-state index contributed by atoms with van der Waals surface area (Å²) < 4.78 is 39.7. The molecule has 0 saturated carbocycles. The van der Waals surface area contributed by atoms with Crippen LogP contribution < -0.4 is 9.46 Å². The molecule has 4 aromatic rings. The van der Waals surface area contributed by atoms with Crippen LogP contribution in [0.15, 0.2) is 58.8 Å². The summed E-state index contributed by atoms with van der Waals surface area (Å²) >= 11 is 1.55. The summed E-state index contributed by atoms with van der Waals surface area (Å²) in [6, 6.07) is 13.9. The molecule has 1 saturated heterocycles.